The summed E-state index contributed by atoms with van der Waals surface area (Å²) in [4.78, 5) is 24.8. The van der Waals surface area contributed by atoms with E-state index in [1.807, 2.05) is 0 Å². The molecule has 0 amide bonds. The third kappa shape index (κ3) is 14.6. The number of rotatable bonds is 21. The molecule has 0 aliphatic carbocycles. The maximum Gasteiger partial charge on any atom is 0.294 e. The van der Waals surface area contributed by atoms with E-state index in [0.717, 1.165) is 12.1 Å². The average molecular weight is 907 g/mol. The average Bonchev–Trinajstić information content (AvgIpc) is 3.19. The molecule has 4 aromatic carbocycles. The summed E-state index contributed by atoms with van der Waals surface area (Å²) in [5.41, 5.74) is 1.20. The number of ether oxygens (including phenoxy) is 1. The van der Waals surface area contributed by atoms with Gasteiger partial charge in [0, 0.05) is 16.5 Å². The number of nitrogens with one attached hydrogen (secondary N) is 3. The predicted octanol–water partition coefficient (Wildman–Crippen LogP) is 6.59. The number of aldehydes is 1. The molecule has 0 fully saturated rings. The lowest BCUT2D eigenvalue weighted by molar-refractivity contribution is -0.432. The summed E-state index contributed by atoms with van der Waals surface area (Å²) in [7, 11) is -13.4. The maximum absolute atomic E-state index is 12.1. The zero-order valence-electron chi connectivity index (χ0n) is 30.1. The van der Waals surface area contributed by atoms with Gasteiger partial charge in [-0.1, -0.05) is 17.2 Å². The Morgan fingerprint density at radius 1 is 0.683 bits per heavy atom. The van der Waals surface area contributed by atoms with Gasteiger partial charge < -0.3 is 20.7 Å². The summed E-state index contributed by atoms with van der Waals surface area (Å²) in [5, 5.41) is 36.4. The number of hydrogen-bond donors (Lipinski definition) is 7. The Hall–Kier alpha value is -6.08. The Bertz CT molecular complexity index is 2740. The number of hydrogen-bond acceptors (Lipinski definition) is 22. The summed E-state index contributed by atoms with van der Waals surface area (Å²) in [5.74, 6) is -2.39. The van der Waals surface area contributed by atoms with Crippen LogP contribution < -0.4 is 20.7 Å². The molecule has 28 heteroatoms. The van der Waals surface area contributed by atoms with E-state index in [1.165, 1.54) is 48.5 Å². The lowest BCUT2D eigenvalue weighted by Gasteiger charge is -2.15. The highest BCUT2D eigenvalue weighted by atomic mass is 32.2. The van der Waals surface area contributed by atoms with Gasteiger partial charge in [0.25, 0.3) is 30.4 Å². The maximum atomic E-state index is 12.1. The van der Waals surface area contributed by atoms with Crippen molar-refractivity contribution in [2.75, 3.05) is 34.2 Å². The van der Waals surface area contributed by atoms with Crippen molar-refractivity contribution in [3.63, 3.8) is 0 Å². The van der Waals surface area contributed by atoms with Crippen molar-refractivity contribution in [1.29, 1.82) is 0 Å². The summed E-state index contributed by atoms with van der Waals surface area (Å²) >= 11 is 0.712. The number of benzene rings is 4. The Balaban J connectivity index is 1.44. The van der Waals surface area contributed by atoms with Gasteiger partial charge in [-0.15, -0.1) is 4.33 Å². The van der Waals surface area contributed by atoms with Crippen molar-refractivity contribution in [2.24, 2.45) is 20.5 Å². The molecule has 0 atom stereocenters. The van der Waals surface area contributed by atoms with Gasteiger partial charge in [0.1, 0.15) is 11.6 Å². The van der Waals surface area contributed by atoms with Crippen LogP contribution in [0.2, 0.25) is 0 Å². The number of carbonyl (C=O) groups excluding carboxylic acids is 1. The number of nitrogens with zero attached hydrogens (tertiary/aromatic N) is 7. The van der Waals surface area contributed by atoms with Crippen LogP contribution >= 0.6 is 12.0 Å². The minimum Gasteiger partial charge on any atom is -0.491 e. The minimum absolute atomic E-state index is 0.0174. The van der Waals surface area contributed by atoms with Crippen LogP contribution in [-0.4, -0.2) is 83.6 Å². The molecule has 316 valence electrons. The van der Waals surface area contributed by atoms with Crippen LogP contribution in [0.1, 0.15) is 16.8 Å². The van der Waals surface area contributed by atoms with Gasteiger partial charge >= 0.3 is 0 Å². The lowest BCUT2D eigenvalue weighted by atomic mass is 10.2. The van der Waals surface area contributed by atoms with Crippen LogP contribution in [0.25, 0.3) is 0 Å². The van der Waals surface area contributed by atoms with Crippen molar-refractivity contribution in [3.8, 4) is 5.75 Å². The van der Waals surface area contributed by atoms with E-state index >= 15 is 0 Å². The number of azo groups is 2. The van der Waals surface area contributed by atoms with E-state index in [1.54, 1.807) is 24.3 Å². The quantitative estimate of drug-likeness (QED) is 0.00776. The number of aromatic nitrogens is 3. The summed E-state index contributed by atoms with van der Waals surface area (Å²) in [6, 6.07) is 20.1. The third-order valence-electron chi connectivity index (χ3n) is 7.13. The normalized spacial score (nSPS) is 12.1. The molecule has 60 heavy (non-hydrogen) atoms. The first-order valence-electron chi connectivity index (χ1n) is 16.4. The number of carbonyl (C=O) groups is 1. The van der Waals surface area contributed by atoms with Gasteiger partial charge in [0.15, 0.2) is 6.29 Å². The first-order chi connectivity index (χ1) is 28.5. The van der Waals surface area contributed by atoms with E-state index in [-0.39, 0.29) is 70.6 Å². The molecule has 5 aromatic rings. The molecule has 0 aliphatic heterocycles. The lowest BCUT2D eigenvalue weighted by Crippen LogP contribution is -2.16. The highest BCUT2D eigenvalue weighted by molar-refractivity contribution is 7.94. The first-order valence-corrected chi connectivity index (χ1v) is 21.8. The van der Waals surface area contributed by atoms with Crippen LogP contribution in [0.15, 0.2) is 115 Å². The molecule has 5 rings (SSSR count). The first kappa shape index (κ1) is 45.0. The molecule has 0 saturated heterocycles. The van der Waals surface area contributed by atoms with E-state index in [9.17, 15) is 39.2 Å². The van der Waals surface area contributed by atoms with Crippen molar-refractivity contribution >= 4 is 101 Å². The van der Waals surface area contributed by atoms with Crippen LogP contribution in [0.3, 0.4) is 0 Å². The molecular weight excluding hydrogens is 877 g/mol. The second kappa shape index (κ2) is 20.3. The molecule has 0 unspecified atom stereocenters. The fourth-order valence-corrected chi connectivity index (χ4v) is 6.32. The van der Waals surface area contributed by atoms with Crippen molar-refractivity contribution in [3.05, 3.63) is 90.5 Å². The third-order valence-corrected chi connectivity index (χ3v) is 9.87. The van der Waals surface area contributed by atoms with Gasteiger partial charge in [0.05, 0.1) is 63.4 Å². The van der Waals surface area contributed by atoms with Crippen LogP contribution in [0.5, 0.6) is 5.75 Å². The standard InChI is InChI=1S/C32H30N10O14S4/c43-18-20-14-23(41-40-22-5-2-7-26(16-22)60(51,52)53)8-10-27(20)34-31-36-30(33-19-59(48,49)50)37-32(38-31)35-28-11-9-24(17-29(28)54-12-3-13-58(45,46)47)42-39-21-4-1-6-25(15-21)57-56-55-44/h1-2,4-11,14-18,44H,3,12-13,19H2,(H,45,46,47)(H,48,49,50)(H,51,52,53)(H3,33,34,35,36,37,38). The molecule has 1 heterocycles. The Morgan fingerprint density at radius 3 is 1.88 bits per heavy atom. The van der Waals surface area contributed by atoms with E-state index < -0.39 is 46.9 Å². The van der Waals surface area contributed by atoms with E-state index in [0.29, 0.717) is 28.9 Å². The summed E-state index contributed by atoms with van der Waals surface area (Å²) in [6.07, 6.45) is 0.358. The van der Waals surface area contributed by atoms with E-state index in [2.05, 4.69) is 60.7 Å². The Labute approximate surface area is 344 Å². The second-order valence-electron chi connectivity index (χ2n) is 11.6. The van der Waals surface area contributed by atoms with Crippen LogP contribution in [0, 0.1) is 0 Å². The summed E-state index contributed by atoms with van der Waals surface area (Å²) in [6.45, 7) is -0.201. The molecule has 24 nitrogen and oxygen atoms in total. The molecule has 0 radical (unpaired) electrons. The number of anilines is 5. The van der Waals surface area contributed by atoms with Crippen LogP contribution in [-0.2, 0) is 39.7 Å². The zero-order valence-corrected chi connectivity index (χ0v) is 33.4. The minimum atomic E-state index is -4.57. The van der Waals surface area contributed by atoms with Crippen molar-refractivity contribution in [2.45, 2.75) is 16.2 Å². The van der Waals surface area contributed by atoms with Gasteiger partial charge in [-0.25, -0.2) is 5.26 Å². The highest BCUT2D eigenvalue weighted by Crippen LogP contribution is 2.34. The molecule has 0 bridgehead atoms. The topological polar surface area (TPSA) is 352 Å². The second-order valence-corrected chi connectivity index (χ2v) is 16.8. The molecule has 7 N–H and O–H groups in total. The van der Waals surface area contributed by atoms with Gasteiger partial charge in [0.2, 0.25) is 17.8 Å². The molecule has 0 saturated carbocycles. The van der Waals surface area contributed by atoms with Crippen LogP contribution in [0.4, 0.5) is 52.0 Å². The van der Waals surface area contributed by atoms with Gasteiger partial charge in [-0.3, -0.25) is 18.5 Å². The molecule has 0 spiro atoms. The smallest absolute Gasteiger partial charge is 0.294 e. The monoisotopic (exact) mass is 906 g/mol. The largest absolute Gasteiger partial charge is 0.491 e. The van der Waals surface area contributed by atoms with Crippen molar-refractivity contribution < 1.29 is 63.1 Å². The fraction of sp³-hybridized carbons (Fsp3) is 0.125. The van der Waals surface area contributed by atoms with Gasteiger partial charge in [-0.05, 0) is 73.2 Å². The summed E-state index contributed by atoms with van der Waals surface area (Å²) < 4.78 is 107. The molecular formula is C32H30N10O14S4. The SMILES string of the molecule is O=Cc1cc(N=Nc2cccc(S(=O)(=O)O)c2)ccc1Nc1nc(NCS(=O)(=O)O)nc(Nc2ccc(N=Nc3cccc(SOOO)c3)cc2OCCCS(=O)(=O)O)n1. The van der Waals surface area contributed by atoms with E-state index in [4.69, 9.17) is 14.5 Å². The fourth-order valence-electron chi connectivity index (χ4n) is 4.60. The molecule has 0 aliphatic rings. The highest BCUT2D eigenvalue weighted by Gasteiger charge is 2.16. The van der Waals surface area contributed by atoms with Crippen molar-refractivity contribution in [1.82, 2.24) is 15.0 Å². The van der Waals surface area contributed by atoms with Gasteiger partial charge in [-0.2, -0.15) is 60.7 Å². The molecule has 1 aromatic heterocycles. The predicted molar refractivity (Wildman–Crippen MR) is 213 cm³/mol. The zero-order chi connectivity index (χ0) is 43.3. The Morgan fingerprint density at radius 2 is 1.27 bits per heavy atom. The Kier molecular flexibility index (Phi) is 15.2.